The summed E-state index contributed by atoms with van der Waals surface area (Å²) in [6, 6.07) is 11.5. The Morgan fingerprint density at radius 3 is 2.81 bits per heavy atom. The molecule has 1 atom stereocenters. The Labute approximate surface area is 150 Å². The molecule has 1 saturated heterocycles. The van der Waals surface area contributed by atoms with E-state index in [9.17, 15) is 9.59 Å². The number of carbonyl (C=O) groups is 2. The Hall–Kier alpha value is -3.18. The zero-order valence-electron chi connectivity index (χ0n) is 14.2. The topological polar surface area (TPSA) is 114 Å². The van der Waals surface area contributed by atoms with Crippen LogP contribution in [-0.2, 0) is 16.1 Å². The zero-order valence-corrected chi connectivity index (χ0v) is 14.2. The van der Waals surface area contributed by atoms with Gasteiger partial charge in [0.05, 0.1) is 49.6 Å². The van der Waals surface area contributed by atoms with E-state index in [1.807, 2.05) is 30.3 Å². The number of amides is 2. The van der Waals surface area contributed by atoms with Gasteiger partial charge in [-0.3, -0.25) is 14.3 Å². The number of hydrogen-bond acceptors (Lipinski definition) is 5. The van der Waals surface area contributed by atoms with Crippen LogP contribution in [0.5, 0.6) is 0 Å². The van der Waals surface area contributed by atoms with Gasteiger partial charge in [-0.15, -0.1) is 0 Å². The average molecular weight is 353 g/mol. The van der Waals surface area contributed by atoms with E-state index in [2.05, 4.69) is 11.2 Å². The van der Waals surface area contributed by atoms with Gasteiger partial charge in [-0.2, -0.15) is 10.4 Å². The van der Waals surface area contributed by atoms with E-state index in [0.29, 0.717) is 24.3 Å². The third kappa shape index (κ3) is 3.58. The number of ether oxygens (including phenoxy) is 1. The standard InChI is InChI=1S/C18H19N5O3/c19-7-4-8-23-16(13-5-2-1-3-6-13)14(11-21-23)18(25)22-9-10-26-15(12-22)17(20)24/h1-3,5-6,11,15H,4,8-10,12H2,(H2,20,24). The molecule has 8 nitrogen and oxygen atoms in total. The van der Waals surface area contributed by atoms with Crippen molar-refractivity contribution in [1.82, 2.24) is 14.7 Å². The molecule has 1 aromatic carbocycles. The molecular weight excluding hydrogens is 334 g/mol. The van der Waals surface area contributed by atoms with Crippen molar-refractivity contribution in [2.45, 2.75) is 19.1 Å². The molecule has 134 valence electrons. The van der Waals surface area contributed by atoms with E-state index in [1.54, 1.807) is 9.58 Å². The highest BCUT2D eigenvalue weighted by molar-refractivity contribution is 6.00. The number of nitriles is 1. The van der Waals surface area contributed by atoms with Gasteiger partial charge in [0, 0.05) is 12.1 Å². The minimum Gasteiger partial charge on any atom is -0.367 e. The largest absolute Gasteiger partial charge is 0.367 e. The number of aromatic nitrogens is 2. The average Bonchev–Trinajstić information content (AvgIpc) is 3.10. The maximum atomic E-state index is 13.0. The number of hydrogen-bond donors (Lipinski definition) is 1. The number of nitrogens with two attached hydrogens (primary N) is 1. The smallest absolute Gasteiger partial charge is 0.257 e. The molecule has 2 N–H and O–H groups in total. The Bertz CT molecular complexity index is 840. The van der Waals surface area contributed by atoms with Crippen LogP contribution in [0, 0.1) is 11.3 Å². The summed E-state index contributed by atoms with van der Waals surface area (Å²) >= 11 is 0. The number of morpholine rings is 1. The predicted octanol–water partition coefficient (Wildman–Crippen LogP) is 0.790. The van der Waals surface area contributed by atoms with Crippen LogP contribution in [0.2, 0.25) is 0 Å². The van der Waals surface area contributed by atoms with Crippen LogP contribution in [-0.4, -0.2) is 52.3 Å². The van der Waals surface area contributed by atoms with E-state index < -0.39 is 12.0 Å². The number of rotatable bonds is 5. The van der Waals surface area contributed by atoms with Crippen molar-refractivity contribution in [1.29, 1.82) is 5.26 Å². The number of nitrogens with zero attached hydrogens (tertiary/aromatic N) is 4. The first-order valence-electron chi connectivity index (χ1n) is 8.30. The van der Waals surface area contributed by atoms with Gasteiger partial charge in [-0.1, -0.05) is 30.3 Å². The second-order valence-corrected chi connectivity index (χ2v) is 5.92. The molecule has 1 unspecified atom stereocenters. The van der Waals surface area contributed by atoms with E-state index in [-0.39, 0.29) is 25.5 Å². The maximum Gasteiger partial charge on any atom is 0.257 e. The second kappa shape index (κ2) is 7.80. The van der Waals surface area contributed by atoms with Crippen LogP contribution in [0.15, 0.2) is 36.5 Å². The number of primary amides is 1. The zero-order chi connectivity index (χ0) is 18.5. The third-order valence-electron chi connectivity index (χ3n) is 4.22. The molecule has 0 aliphatic carbocycles. The Morgan fingerprint density at radius 2 is 2.12 bits per heavy atom. The molecule has 3 rings (SSSR count). The normalized spacial score (nSPS) is 16.9. The fourth-order valence-corrected chi connectivity index (χ4v) is 2.94. The van der Waals surface area contributed by atoms with Gasteiger partial charge in [-0.05, 0) is 0 Å². The van der Waals surface area contributed by atoms with Crippen molar-refractivity contribution in [2.75, 3.05) is 19.7 Å². The van der Waals surface area contributed by atoms with E-state index >= 15 is 0 Å². The molecule has 0 spiro atoms. The molecule has 2 amide bonds. The first kappa shape index (κ1) is 17.6. The molecule has 8 heteroatoms. The highest BCUT2D eigenvalue weighted by Crippen LogP contribution is 2.25. The molecule has 2 aromatic rings. The Morgan fingerprint density at radius 1 is 1.35 bits per heavy atom. The van der Waals surface area contributed by atoms with Crippen LogP contribution in [0.25, 0.3) is 11.3 Å². The van der Waals surface area contributed by atoms with E-state index in [1.165, 1.54) is 6.20 Å². The fraction of sp³-hybridized carbons (Fsp3) is 0.333. The summed E-state index contributed by atoms with van der Waals surface area (Å²) in [4.78, 5) is 26.0. The summed E-state index contributed by atoms with van der Waals surface area (Å²) < 4.78 is 6.97. The molecule has 26 heavy (non-hydrogen) atoms. The van der Waals surface area contributed by atoms with Crippen LogP contribution in [0.3, 0.4) is 0 Å². The molecule has 1 aromatic heterocycles. The quantitative estimate of drug-likeness (QED) is 0.853. The maximum absolute atomic E-state index is 13.0. The van der Waals surface area contributed by atoms with Gasteiger partial charge in [-0.25, -0.2) is 0 Å². The third-order valence-corrected chi connectivity index (χ3v) is 4.22. The molecule has 2 heterocycles. The van der Waals surface area contributed by atoms with Gasteiger partial charge < -0.3 is 15.4 Å². The highest BCUT2D eigenvalue weighted by atomic mass is 16.5. The van der Waals surface area contributed by atoms with Gasteiger partial charge in [0.2, 0.25) is 5.91 Å². The molecule has 0 radical (unpaired) electrons. The lowest BCUT2D eigenvalue weighted by Crippen LogP contribution is -2.50. The van der Waals surface area contributed by atoms with Crippen molar-refractivity contribution in [2.24, 2.45) is 5.73 Å². The number of benzene rings is 1. The minimum atomic E-state index is -0.804. The summed E-state index contributed by atoms with van der Waals surface area (Å²) in [5.41, 5.74) is 7.23. The Kier molecular flexibility index (Phi) is 5.29. The molecular formula is C18H19N5O3. The molecule has 0 saturated carbocycles. The van der Waals surface area contributed by atoms with Crippen LogP contribution in [0.4, 0.5) is 0 Å². The van der Waals surface area contributed by atoms with Gasteiger partial charge in [0.15, 0.2) is 6.10 Å². The first-order chi connectivity index (χ1) is 12.6. The highest BCUT2D eigenvalue weighted by Gasteiger charge is 2.30. The van der Waals surface area contributed by atoms with Crippen molar-refractivity contribution in [3.8, 4) is 17.3 Å². The van der Waals surface area contributed by atoms with Crippen molar-refractivity contribution in [3.05, 3.63) is 42.1 Å². The lowest BCUT2D eigenvalue weighted by Gasteiger charge is -2.31. The van der Waals surface area contributed by atoms with Gasteiger partial charge in [0.25, 0.3) is 5.91 Å². The summed E-state index contributed by atoms with van der Waals surface area (Å²) in [5.74, 6) is -0.822. The first-order valence-corrected chi connectivity index (χ1v) is 8.30. The van der Waals surface area contributed by atoms with E-state index in [4.69, 9.17) is 15.7 Å². The van der Waals surface area contributed by atoms with Crippen LogP contribution >= 0.6 is 0 Å². The molecule has 1 aliphatic rings. The summed E-state index contributed by atoms with van der Waals surface area (Å²) in [7, 11) is 0. The number of carbonyl (C=O) groups excluding carboxylic acids is 2. The number of aryl methyl sites for hydroxylation is 1. The Balaban J connectivity index is 1.94. The SMILES string of the molecule is N#CCCn1ncc(C(=O)N2CCOC(C(N)=O)C2)c1-c1ccccc1. The molecule has 1 fully saturated rings. The predicted molar refractivity (Wildman–Crippen MR) is 92.7 cm³/mol. The molecule has 0 bridgehead atoms. The van der Waals surface area contributed by atoms with Gasteiger partial charge >= 0.3 is 0 Å². The summed E-state index contributed by atoms with van der Waals surface area (Å²) in [5, 5.41) is 13.2. The van der Waals surface area contributed by atoms with Crippen LogP contribution in [0.1, 0.15) is 16.8 Å². The summed E-state index contributed by atoms with van der Waals surface area (Å²) in [6.07, 6.45) is 0.995. The summed E-state index contributed by atoms with van der Waals surface area (Å²) in [6.45, 7) is 1.13. The fourth-order valence-electron chi connectivity index (χ4n) is 2.94. The molecule has 1 aliphatic heterocycles. The minimum absolute atomic E-state index is 0.117. The lowest BCUT2D eigenvalue weighted by atomic mass is 10.1. The van der Waals surface area contributed by atoms with Crippen LogP contribution < -0.4 is 5.73 Å². The van der Waals surface area contributed by atoms with E-state index in [0.717, 1.165) is 5.56 Å². The second-order valence-electron chi connectivity index (χ2n) is 5.92. The van der Waals surface area contributed by atoms with Gasteiger partial charge in [0.1, 0.15) is 0 Å². The lowest BCUT2D eigenvalue weighted by molar-refractivity contribution is -0.133. The monoisotopic (exact) mass is 353 g/mol. The van der Waals surface area contributed by atoms with Crippen molar-refractivity contribution >= 4 is 11.8 Å². The van der Waals surface area contributed by atoms with Crippen molar-refractivity contribution < 1.29 is 14.3 Å². The van der Waals surface area contributed by atoms with Crippen molar-refractivity contribution in [3.63, 3.8) is 0 Å².